The van der Waals surface area contributed by atoms with Gasteiger partial charge in [-0.15, -0.1) is 0 Å². The fraction of sp³-hybridized carbons (Fsp3) is 0.444. The van der Waals surface area contributed by atoms with Gasteiger partial charge < -0.3 is 10.2 Å². The molecule has 128 valence electrons. The van der Waals surface area contributed by atoms with Crippen LogP contribution in [0.25, 0.3) is 0 Å². The first-order valence-corrected chi connectivity index (χ1v) is 8.93. The summed E-state index contributed by atoms with van der Waals surface area (Å²) in [6.07, 6.45) is 2.01. The molecule has 1 aliphatic rings. The summed E-state index contributed by atoms with van der Waals surface area (Å²) < 4.78 is 2.06. The van der Waals surface area contributed by atoms with Crippen molar-refractivity contribution in [2.45, 2.75) is 26.9 Å². The summed E-state index contributed by atoms with van der Waals surface area (Å²) in [4.78, 5) is 4.73. The topological polar surface area (TPSA) is 36.3 Å². The van der Waals surface area contributed by atoms with Gasteiger partial charge >= 0.3 is 0 Å². The molecule has 2 aromatic rings. The van der Waals surface area contributed by atoms with Gasteiger partial charge in [-0.3, -0.25) is 9.58 Å². The van der Waals surface area contributed by atoms with Crippen LogP contribution < -0.4 is 5.32 Å². The van der Waals surface area contributed by atoms with Crippen LogP contribution in [0.3, 0.4) is 0 Å². The third kappa shape index (κ3) is 3.94. The molecule has 1 fully saturated rings. The SMILES string of the molecule is CCn1ncc(CN2CCN(C(=S)Nc3ccccc3)CC2)c1C. The number of nitrogens with zero attached hydrogens (tertiary/aromatic N) is 4. The first kappa shape index (κ1) is 16.9. The molecule has 6 heteroatoms. The highest BCUT2D eigenvalue weighted by Gasteiger charge is 2.20. The van der Waals surface area contributed by atoms with Crippen molar-refractivity contribution in [2.75, 3.05) is 31.5 Å². The minimum absolute atomic E-state index is 0.816. The van der Waals surface area contributed by atoms with Gasteiger partial charge in [-0.25, -0.2) is 0 Å². The van der Waals surface area contributed by atoms with Gasteiger partial charge in [0.25, 0.3) is 0 Å². The number of benzene rings is 1. The Labute approximate surface area is 149 Å². The third-order valence-electron chi connectivity index (χ3n) is 4.58. The summed E-state index contributed by atoms with van der Waals surface area (Å²) in [6.45, 7) is 10.1. The summed E-state index contributed by atoms with van der Waals surface area (Å²) in [6, 6.07) is 10.1. The normalized spacial score (nSPS) is 15.5. The van der Waals surface area contributed by atoms with E-state index in [1.807, 2.05) is 36.5 Å². The molecule has 0 amide bonds. The summed E-state index contributed by atoms with van der Waals surface area (Å²) in [5.41, 5.74) is 3.66. The number of thiocarbonyl (C=S) groups is 1. The van der Waals surface area contributed by atoms with Gasteiger partial charge in [0, 0.05) is 56.2 Å². The zero-order valence-corrected chi connectivity index (χ0v) is 15.2. The van der Waals surface area contributed by atoms with E-state index in [4.69, 9.17) is 12.2 Å². The van der Waals surface area contributed by atoms with Gasteiger partial charge in [0.05, 0.1) is 6.20 Å². The predicted molar refractivity (Wildman–Crippen MR) is 102 cm³/mol. The van der Waals surface area contributed by atoms with Crippen molar-refractivity contribution in [1.82, 2.24) is 19.6 Å². The average molecular weight is 344 g/mol. The molecular weight excluding hydrogens is 318 g/mol. The number of hydrogen-bond acceptors (Lipinski definition) is 3. The lowest BCUT2D eigenvalue weighted by Crippen LogP contribution is -2.49. The molecular formula is C18H25N5S. The van der Waals surface area contributed by atoms with E-state index in [-0.39, 0.29) is 0 Å². The molecule has 0 radical (unpaired) electrons. The fourth-order valence-electron chi connectivity index (χ4n) is 3.03. The number of hydrogen-bond donors (Lipinski definition) is 1. The van der Waals surface area contributed by atoms with Crippen molar-refractivity contribution in [1.29, 1.82) is 0 Å². The van der Waals surface area contributed by atoms with Gasteiger partial charge in [0.2, 0.25) is 0 Å². The fourth-order valence-corrected chi connectivity index (χ4v) is 3.33. The molecule has 0 saturated carbocycles. The molecule has 1 aromatic carbocycles. The molecule has 0 aliphatic carbocycles. The van der Waals surface area contributed by atoms with E-state index in [2.05, 4.69) is 38.7 Å². The Hall–Kier alpha value is -1.92. The minimum atomic E-state index is 0.816. The Morgan fingerprint density at radius 3 is 2.50 bits per heavy atom. The standard InChI is InChI=1S/C18H25N5S/c1-3-23-15(2)16(13-19-23)14-21-9-11-22(12-10-21)18(24)20-17-7-5-4-6-8-17/h4-8,13H,3,9-12,14H2,1-2H3,(H,20,24). The second-order valence-corrected chi connectivity index (χ2v) is 6.52. The number of aromatic nitrogens is 2. The smallest absolute Gasteiger partial charge is 0.173 e. The summed E-state index contributed by atoms with van der Waals surface area (Å²) in [5.74, 6) is 0. The maximum Gasteiger partial charge on any atom is 0.173 e. The number of aryl methyl sites for hydroxylation is 1. The molecule has 24 heavy (non-hydrogen) atoms. The van der Waals surface area contributed by atoms with Gasteiger partial charge in [0.1, 0.15) is 0 Å². The molecule has 0 atom stereocenters. The van der Waals surface area contributed by atoms with E-state index < -0.39 is 0 Å². The predicted octanol–water partition coefficient (Wildman–Crippen LogP) is 2.73. The second kappa shape index (κ2) is 7.77. The maximum absolute atomic E-state index is 5.55. The van der Waals surface area contributed by atoms with E-state index in [1.54, 1.807) is 0 Å². The molecule has 5 nitrogen and oxygen atoms in total. The van der Waals surface area contributed by atoms with Crippen LogP contribution >= 0.6 is 12.2 Å². The Bertz CT molecular complexity index is 674. The Morgan fingerprint density at radius 2 is 1.88 bits per heavy atom. The number of anilines is 1. The van der Waals surface area contributed by atoms with Crippen molar-refractivity contribution in [3.05, 3.63) is 47.8 Å². The number of rotatable bonds is 4. The third-order valence-corrected chi connectivity index (χ3v) is 4.94. The highest BCUT2D eigenvalue weighted by molar-refractivity contribution is 7.80. The molecule has 1 saturated heterocycles. The zero-order chi connectivity index (χ0) is 16.9. The molecule has 3 rings (SSSR count). The van der Waals surface area contributed by atoms with Crippen LogP contribution in [0.4, 0.5) is 5.69 Å². The highest BCUT2D eigenvalue weighted by Crippen LogP contribution is 2.14. The molecule has 1 aliphatic heterocycles. The van der Waals surface area contributed by atoms with Crippen LogP contribution in [-0.4, -0.2) is 50.9 Å². The Kier molecular flexibility index (Phi) is 5.48. The Morgan fingerprint density at radius 1 is 1.17 bits per heavy atom. The van der Waals surface area contributed by atoms with Crippen molar-refractivity contribution in [2.24, 2.45) is 0 Å². The average Bonchev–Trinajstić information content (AvgIpc) is 2.96. The molecule has 0 unspecified atom stereocenters. The van der Waals surface area contributed by atoms with Gasteiger partial charge in [-0.1, -0.05) is 18.2 Å². The van der Waals surface area contributed by atoms with Gasteiger partial charge in [-0.2, -0.15) is 5.10 Å². The molecule has 0 bridgehead atoms. The highest BCUT2D eigenvalue weighted by atomic mass is 32.1. The van der Waals surface area contributed by atoms with Gasteiger partial charge in [-0.05, 0) is 38.2 Å². The lowest BCUT2D eigenvalue weighted by atomic mass is 10.2. The number of piperazine rings is 1. The summed E-state index contributed by atoms with van der Waals surface area (Å²) in [7, 11) is 0. The number of nitrogens with one attached hydrogen (secondary N) is 1. The van der Waals surface area contributed by atoms with Crippen molar-refractivity contribution in [3.63, 3.8) is 0 Å². The largest absolute Gasteiger partial charge is 0.346 e. The summed E-state index contributed by atoms with van der Waals surface area (Å²) in [5, 5.41) is 8.58. The zero-order valence-electron chi connectivity index (χ0n) is 14.4. The van der Waals surface area contributed by atoms with E-state index in [0.29, 0.717) is 0 Å². The first-order chi connectivity index (χ1) is 11.7. The quantitative estimate of drug-likeness (QED) is 0.864. The van der Waals surface area contributed by atoms with Crippen LogP contribution in [0.5, 0.6) is 0 Å². The van der Waals surface area contributed by atoms with Crippen LogP contribution in [-0.2, 0) is 13.1 Å². The van der Waals surface area contributed by atoms with Crippen LogP contribution in [0.2, 0.25) is 0 Å². The van der Waals surface area contributed by atoms with E-state index in [9.17, 15) is 0 Å². The Balaban J connectivity index is 1.50. The van der Waals surface area contributed by atoms with Crippen LogP contribution in [0, 0.1) is 6.92 Å². The minimum Gasteiger partial charge on any atom is -0.346 e. The molecule has 1 aromatic heterocycles. The van der Waals surface area contributed by atoms with Gasteiger partial charge in [0.15, 0.2) is 5.11 Å². The number of para-hydroxylation sites is 1. The maximum atomic E-state index is 5.55. The van der Waals surface area contributed by atoms with E-state index in [1.165, 1.54) is 11.3 Å². The van der Waals surface area contributed by atoms with Crippen molar-refractivity contribution < 1.29 is 0 Å². The molecule has 2 heterocycles. The van der Waals surface area contributed by atoms with Crippen LogP contribution in [0.15, 0.2) is 36.5 Å². The lowest BCUT2D eigenvalue weighted by molar-refractivity contribution is 0.176. The van der Waals surface area contributed by atoms with E-state index >= 15 is 0 Å². The lowest BCUT2D eigenvalue weighted by Gasteiger charge is -2.36. The summed E-state index contributed by atoms with van der Waals surface area (Å²) >= 11 is 5.55. The second-order valence-electron chi connectivity index (χ2n) is 6.13. The van der Waals surface area contributed by atoms with E-state index in [0.717, 1.165) is 50.1 Å². The van der Waals surface area contributed by atoms with Crippen LogP contribution in [0.1, 0.15) is 18.2 Å². The molecule has 1 N–H and O–H groups in total. The monoisotopic (exact) mass is 343 g/mol. The first-order valence-electron chi connectivity index (χ1n) is 8.52. The van der Waals surface area contributed by atoms with Crippen molar-refractivity contribution in [3.8, 4) is 0 Å². The molecule has 0 spiro atoms. The van der Waals surface area contributed by atoms with Crippen molar-refractivity contribution >= 4 is 23.0 Å².